The Morgan fingerprint density at radius 2 is 2.15 bits per heavy atom. The molecule has 7 heteroatoms. The highest BCUT2D eigenvalue weighted by Gasteiger charge is 2.22. The highest BCUT2D eigenvalue weighted by molar-refractivity contribution is 9.10. The van der Waals surface area contributed by atoms with Gasteiger partial charge in [0, 0.05) is 18.3 Å². The lowest BCUT2D eigenvalue weighted by atomic mass is 9.86. The Bertz CT molecular complexity index is 878. The number of aromatic nitrogens is 4. The minimum absolute atomic E-state index is 0.476. The number of hydrogen-bond acceptors (Lipinski definition) is 5. The van der Waals surface area contributed by atoms with Gasteiger partial charge in [0.15, 0.2) is 5.65 Å². The van der Waals surface area contributed by atoms with Crippen LogP contribution in [0.15, 0.2) is 41.1 Å². The summed E-state index contributed by atoms with van der Waals surface area (Å²) in [6.07, 6.45) is 8.68. The Labute approximate surface area is 161 Å². The molecule has 1 saturated carbocycles. The summed E-state index contributed by atoms with van der Waals surface area (Å²) in [5.74, 6) is 2.46. The van der Waals surface area contributed by atoms with Crippen LogP contribution in [0.3, 0.4) is 0 Å². The molecular weight excluding hydrogens is 392 g/mol. The van der Waals surface area contributed by atoms with Crippen LogP contribution >= 0.6 is 15.9 Å². The molecule has 0 spiro atoms. The molecule has 26 heavy (non-hydrogen) atoms. The molecule has 0 radical (unpaired) electrons. The first kappa shape index (κ1) is 17.3. The van der Waals surface area contributed by atoms with Crippen LogP contribution in [0, 0.1) is 5.92 Å². The first-order valence-corrected chi connectivity index (χ1v) is 9.94. The molecule has 2 atom stereocenters. The van der Waals surface area contributed by atoms with Crippen LogP contribution in [0.5, 0.6) is 0 Å². The van der Waals surface area contributed by atoms with Gasteiger partial charge >= 0.3 is 0 Å². The molecule has 0 bridgehead atoms. The van der Waals surface area contributed by atoms with Crippen molar-refractivity contribution in [1.82, 2.24) is 19.6 Å². The highest BCUT2D eigenvalue weighted by atomic mass is 79.9. The van der Waals surface area contributed by atoms with E-state index in [2.05, 4.69) is 43.6 Å². The predicted octanol–water partition coefficient (Wildman–Crippen LogP) is 4.49. The van der Waals surface area contributed by atoms with Crippen molar-refractivity contribution in [1.29, 1.82) is 0 Å². The molecule has 0 saturated heterocycles. The molecule has 1 aliphatic carbocycles. The van der Waals surface area contributed by atoms with Crippen molar-refractivity contribution < 1.29 is 0 Å². The fourth-order valence-corrected chi connectivity index (χ4v) is 3.89. The van der Waals surface area contributed by atoms with Crippen molar-refractivity contribution in [2.75, 3.05) is 10.6 Å². The molecule has 2 N–H and O–H groups in total. The Morgan fingerprint density at radius 3 is 2.96 bits per heavy atom. The fourth-order valence-electron chi connectivity index (χ4n) is 3.54. The zero-order chi connectivity index (χ0) is 17.9. The van der Waals surface area contributed by atoms with E-state index >= 15 is 0 Å². The van der Waals surface area contributed by atoms with Gasteiger partial charge in [-0.2, -0.15) is 9.61 Å². The molecule has 0 amide bonds. The second-order valence-corrected chi connectivity index (χ2v) is 7.80. The number of hydrogen-bond donors (Lipinski definition) is 2. The summed E-state index contributed by atoms with van der Waals surface area (Å²) in [6.45, 7) is 2.96. The van der Waals surface area contributed by atoms with Gasteiger partial charge in [0.1, 0.15) is 11.6 Å². The van der Waals surface area contributed by atoms with E-state index in [1.807, 2.05) is 28.8 Å². The van der Waals surface area contributed by atoms with E-state index in [1.165, 1.54) is 25.7 Å². The van der Waals surface area contributed by atoms with Crippen LogP contribution in [0.2, 0.25) is 0 Å². The molecule has 0 unspecified atom stereocenters. The van der Waals surface area contributed by atoms with Crippen molar-refractivity contribution in [3.63, 3.8) is 0 Å². The number of nitrogens with zero attached hydrogens (tertiary/aromatic N) is 4. The molecule has 3 heterocycles. The summed E-state index contributed by atoms with van der Waals surface area (Å²) in [7, 11) is 0. The zero-order valence-electron chi connectivity index (χ0n) is 14.8. The van der Waals surface area contributed by atoms with Gasteiger partial charge in [0.2, 0.25) is 0 Å². The third kappa shape index (κ3) is 3.67. The van der Waals surface area contributed by atoms with Crippen LogP contribution < -0.4 is 10.6 Å². The van der Waals surface area contributed by atoms with E-state index in [0.717, 1.165) is 27.4 Å². The van der Waals surface area contributed by atoms with Crippen LogP contribution in [-0.4, -0.2) is 25.6 Å². The maximum atomic E-state index is 4.77. The summed E-state index contributed by atoms with van der Waals surface area (Å²) in [4.78, 5) is 9.14. The molecule has 136 valence electrons. The third-order valence-electron chi connectivity index (χ3n) is 5.05. The Balaban J connectivity index is 1.60. The topological polar surface area (TPSA) is 67.1 Å². The normalized spacial score (nSPS) is 20.2. The van der Waals surface area contributed by atoms with E-state index in [-0.39, 0.29) is 0 Å². The average molecular weight is 415 g/mol. The molecule has 3 aromatic rings. The minimum atomic E-state index is 0.476. The maximum Gasteiger partial charge on any atom is 0.173 e. The molecule has 0 aromatic carbocycles. The minimum Gasteiger partial charge on any atom is -0.367 e. The monoisotopic (exact) mass is 414 g/mol. The molecule has 1 aliphatic rings. The highest BCUT2D eigenvalue weighted by Crippen LogP contribution is 2.28. The number of anilines is 2. The van der Waals surface area contributed by atoms with E-state index in [0.29, 0.717) is 18.5 Å². The van der Waals surface area contributed by atoms with Gasteiger partial charge in [-0.05, 0) is 46.8 Å². The predicted molar refractivity (Wildman–Crippen MR) is 107 cm³/mol. The number of halogens is 1. The van der Waals surface area contributed by atoms with Crippen LogP contribution in [0.1, 0.15) is 38.3 Å². The molecule has 4 rings (SSSR count). The lowest BCUT2D eigenvalue weighted by Crippen LogP contribution is -2.30. The molecule has 6 nitrogen and oxygen atoms in total. The van der Waals surface area contributed by atoms with Gasteiger partial charge in [-0.3, -0.25) is 4.98 Å². The van der Waals surface area contributed by atoms with Gasteiger partial charge in [0.05, 0.1) is 22.9 Å². The number of pyridine rings is 1. The largest absolute Gasteiger partial charge is 0.367 e. The van der Waals surface area contributed by atoms with Gasteiger partial charge in [-0.25, -0.2) is 4.98 Å². The summed E-state index contributed by atoms with van der Waals surface area (Å²) >= 11 is 3.55. The van der Waals surface area contributed by atoms with Crippen molar-refractivity contribution >= 4 is 33.2 Å². The lowest BCUT2D eigenvalue weighted by molar-refractivity contribution is 0.349. The lowest BCUT2D eigenvalue weighted by Gasteiger charge is -2.30. The van der Waals surface area contributed by atoms with E-state index in [9.17, 15) is 0 Å². The third-order valence-corrected chi connectivity index (χ3v) is 5.61. The smallest absolute Gasteiger partial charge is 0.173 e. The summed E-state index contributed by atoms with van der Waals surface area (Å²) in [5.41, 5.74) is 1.79. The second-order valence-electron chi connectivity index (χ2n) is 6.94. The zero-order valence-corrected chi connectivity index (χ0v) is 16.4. The molecule has 1 fully saturated rings. The van der Waals surface area contributed by atoms with Crippen molar-refractivity contribution in [3.05, 3.63) is 46.8 Å². The maximum absolute atomic E-state index is 4.77. The summed E-state index contributed by atoms with van der Waals surface area (Å²) in [5, 5.41) is 11.5. The van der Waals surface area contributed by atoms with Crippen LogP contribution in [0.25, 0.3) is 5.65 Å². The van der Waals surface area contributed by atoms with Gasteiger partial charge in [-0.15, -0.1) is 0 Å². The van der Waals surface area contributed by atoms with Crippen LogP contribution in [-0.2, 0) is 6.54 Å². The number of fused-ring (bicyclic) bond motifs is 1. The first-order valence-electron chi connectivity index (χ1n) is 9.15. The standard InChI is InChI=1S/C19H23BrN6/c1-13-6-2-3-8-16(13)24-17-10-18(22-11-14-7-4-5-9-21-14)26-19(25-17)15(20)12-23-26/h4-5,7,9-10,12-13,16,22H,2-3,6,8,11H2,1H3,(H,24,25)/t13-,16+/m1/s1. The first-order chi connectivity index (χ1) is 12.7. The average Bonchev–Trinajstić information content (AvgIpc) is 3.04. The van der Waals surface area contributed by atoms with E-state index < -0.39 is 0 Å². The van der Waals surface area contributed by atoms with Crippen molar-refractivity contribution in [2.45, 2.75) is 45.2 Å². The Hall–Kier alpha value is -2.15. The van der Waals surface area contributed by atoms with E-state index in [1.54, 1.807) is 12.4 Å². The quantitative estimate of drug-likeness (QED) is 0.643. The van der Waals surface area contributed by atoms with Crippen LogP contribution in [0.4, 0.5) is 11.6 Å². The summed E-state index contributed by atoms with van der Waals surface area (Å²) < 4.78 is 2.71. The number of nitrogens with one attached hydrogen (secondary N) is 2. The van der Waals surface area contributed by atoms with Gasteiger partial charge < -0.3 is 10.6 Å². The number of rotatable bonds is 5. The molecule has 3 aromatic heterocycles. The SMILES string of the molecule is C[C@@H]1CCCC[C@@H]1Nc1cc(NCc2ccccn2)n2ncc(Br)c2n1. The molecular formula is C19H23BrN6. The Kier molecular flexibility index (Phi) is 5.06. The van der Waals surface area contributed by atoms with Crippen molar-refractivity contribution in [2.24, 2.45) is 5.92 Å². The Morgan fingerprint density at radius 1 is 1.27 bits per heavy atom. The van der Waals surface area contributed by atoms with E-state index in [4.69, 9.17) is 4.98 Å². The van der Waals surface area contributed by atoms with Gasteiger partial charge in [0.25, 0.3) is 0 Å². The fraction of sp³-hybridized carbons (Fsp3) is 0.421. The summed E-state index contributed by atoms with van der Waals surface area (Å²) in [6, 6.07) is 8.44. The molecule has 0 aliphatic heterocycles. The van der Waals surface area contributed by atoms with Crippen molar-refractivity contribution in [3.8, 4) is 0 Å². The second kappa shape index (κ2) is 7.61. The van der Waals surface area contributed by atoms with Gasteiger partial charge in [-0.1, -0.05) is 25.8 Å².